The maximum atomic E-state index is 12.7. The molecule has 9 heteroatoms. The molecule has 1 aliphatic heterocycles. The Morgan fingerprint density at radius 1 is 1.40 bits per heavy atom. The van der Waals surface area contributed by atoms with Gasteiger partial charge in [0.2, 0.25) is 5.91 Å². The molecule has 136 valence electrons. The molecule has 0 radical (unpaired) electrons. The van der Waals surface area contributed by atoms with Gasteiger partial charge in [0.15, 0.2) is 5.13 Å². The van der Waals surface area contributed by atoms with Crippen LogP contribution in [0.2, 0.25) is 10.0 Å². The van der Waals surface area contributed by atoms with Crippen LogP contribution in [0.15, 0.2) is 24.4 Å². The van der Waals surface area contributed by atoms with Crippen LogP contribution in [0, 0.1) is 0 Å². The number of piperidine rings is 1. The normalized spacial score (nSPS) is 17.8. The minimum absolute atomic E-state index is 0. The van der Waals surface area contributed by atoms with Crippen LogP contribution in [0.5, 0.6) is 0 Å². The summed E-state index contributed by atoms with van der Waals surface area (Å²) in [5, 5.41) is 4.45. The first-order valence-corrected chi connectivity index (χ1v) is 9.30. The highest BCUT2D eigenvalue weighted by Crippen LogP contribution is 2.28. The van der Waals surface area contributed by atoms with Crippen LogP contribution in [0.25, 0.3) is 0 Å². The van der Waals surface area contributed by atoms with Gasteiger partial charge in [0.1, 0.15) is 0 Å². The minimum Gasteiger partial charge on any atom is -0.375 e. The fraction of sp³-hybridized carbons (Fsp3) is 0.375. The van der Waals surface area contributed by atoms with E-state index in [0.717, 1.165) is 30.7 Å². The van der Waals surface area contributed by atoms with Gasteiger partial charge >= 0.3 is 0 Å². The Morgan fingerprint density at radius 2 is 2.20 bits per heavy atom. The molecule has 1 fully saturated rings. The van der Waals surface area contributed by atoms with Crippen LogP contribution in [0.3, 0.4) is 0 Å². The number of nitrogens with two attached hydrogens (primary N) is 1. The van der Waals surface area contributed by atoms with Crippen LogP contribution in [-0.4, -0.2) is 28.4 Å². The van der Waals surface area contributed by atoms with E-state index in [1.807, 2.05) is 0 Å². The van der Waals surface area contributed by atoms with E-state index in [2.05, 4.69) is 15.2 Å². The minimum atomic E-state index is -0.186. The van der Waals surface area contributed by atoms with Gasteiger partial charge in [-0.05, 0) is 37.6 Å². The summed E-state index contributed by atoms with van der Waals surface area (Å²) in [4.78, 5) is 20.1. The van der Waals surface area contributed by atoms with Crippen molar-refractivity contribution in [3.05, 3.63) is 39.3 Å². The van der Waals surface area contributed by atoms with Crippen molar-refractivity contribution in [1.29, 1.82) is 0 Å². The van der Waals surface area contributed by atoms with Gasteiger partial charge in [-0.25, -0.2) is 4.98 Å². The third-order valence-electron chi connectivity index (χ3n) is 4.04. The number of nitrogens with one attached hydrogen (secondary N) is 1. The summed E-state index contributed by atoms with van der Waals surface area (Å²) < 4.78 is 0. The highest BCUT2D eigenvalue weighted by Gasteiger charge is 2.29. The van der Waals surface area contributed by atoms with E-state index >= 15 is 0 Å². The lowest BCUT2D eigenvalue weighted by atomic mass is 10.0. The zero-order valence-electron chi connectivity index (χ0n) is 13.4. The second-order valence-electron chi connectivity index (χ2n) is 5.76. The lowest BCUT2D eigenvalue weighted by Crippen LogP contribution is -2.46. The first kappa shape index (κ1) is 20.3. The molecule has 0 saturated carbocycles. The van der Waals surface area contributed by atoms with Crippen LogP contribution in [0.4, 0.5) is 10.8 Å². The molecule has 2 aromatic rings. The number of carbonyl (C=O) groups is 1. The maximum Gasteiger partial charge on any atom is 0.241 e. The molecule has 25 heavy (non-hydrogen) atoms. The molecule has 1 amide bonds. The standard InChI is InChI=1S/C16H18Cl2N4OS.ClH/c17-10-4-5-13(12(18)7-10)21-15(23)14-3-1-2-6-22(14)9-11-8-20-16(19)24-11;/h4-5,7-8,14H,1-3,6,9H2,(H2,19,20)(H,21,23);1H. The van der Waals surface area contributed by atoms with E-state index in [9.17, 15) is 4.79 Å². The summed E-state index contributed by atoms with van der Waals surface area (Å²) in [6, 6.07) is 4.87. The first-order valence-electron chi connectivity index (χ1n) is 7.73. The molecule has 5 nitrogen and oxygen atoms in total. The Morgan fingerprint density at radius 3 is 2.88 bits per heavy atom. The average Bonchev–Trinajstić information content (AvgIpc) is 2.95. The van der Waals surface area contributed by atoms with Gasteiger partial charge in [-0.2, -0.15) is 0 Å². The molecule has 0 aliphatic carbocycles. The number of hydrogen-bond acceptors (Lipinski definition) is 5. The van der Waals surface area contributed by atoms with Crippen molar-refractivity contribution in [3.63, 3.8) is 0 Å². The summed E-state index contributed by atoms with van der Waals surface area (Å²) in [5.41, 5.74) is 6.28. The Bertz CT molecular complexity index is 740. The molecule has 1 aromatic carbocycles. The number of nitrogen functional groups attached to an aromatic ring is 1. The summed E-state index contributed by atoms with van der Waals surface area (Å²) >= 11 is 13.5. The van der Waals surface area contributed by atoms with Crippen molar-refractivity contribution in [1.82, 2.24) is 9.88 Å². The summed E-state index contributed by atoms with van der Waals surface area (Å²) in [5.74, 6) is -0.0450. The molecular weight excluding hydrogens is 403 g/mol. The Kier molecular flexibility index (Phi) is 7.34. The number of amides is 1. The molecule has 0 spiro atoms. The van der Waals surface area contributed by atoms with Crippen molar-refractivity contribution in [2.24, 2.45) is 0 Å². The third-order valence-corrected chi connectivity index (χ3v) is 5.39. The predicted octanol–water partition coefficient (Wildman–Crippen LogP) is 4.45. The van der Waals surface area contributed by atoms with Crippen LogP contribution in [0.1, 0.15) is 24.1 Å². The Balaban J connectivity index is 0.00000225. The fourth-order valence-corrected chi connectivity index (χ4v) is 4.05. The molecule has 1 aromatic heterocycles. The van der Waals surface area contributed by atoms with Crippen molar-refractivity contribution in [2.75, 3.05) is 17.6 Å². The quantitative estimate of drug-likeness (QED) is 0.765. The molecule has 1 unspecified atom stereocenters. The molecule has 1 saturated heterocycles. The Labute approximate surface area is 166 Å². The number of anilines is 2. The highest BCUT2D eigenvalue weighted by molar-refractivity contribution is 7.15. The molecule has 0 bridgehead atoms. The number of rotatable bonds is 4. The monoisotopic (exact) mass is 420 g/mol. The van der Waals surface area contributed by atoms with Gasteiger partial charge in [0, 0.05) is 22.6 Å². The summed E-state index contributed by atoms with van der Waals surface area (Å²) in [6.07, 6.45) is 4.72. The number of halogens is 3. The number of hydrogen-bond donors (Lipinski definition) is 2. The number of carbonyl (C=O) groups excluding carboxylic acids is 1. The number of aromatic nitrogens is 1. The van der Waals surface area contributed by atoms with Crippen LogP contribution < -0.4 is 11.1 Å². The van der Waals surface area contributed by atoms with E-state index in [0.29, 0.717) is 27.4 Å². The fourth-order valence-electron chi connectivity index (χ4n) is 2.88. The maximum absolute atomic E-state index is 12.7. The summed E-state index contributed by atoms with van der Waals surface area (Å²) in [7, 11) is 0. The van der Waals surface area contributed by atoms with Crippen LogP contribution >= 0.6 is 46.9 Å². The second kappa shape index (κ2) is 9.05. The predicted molar refractivity (Wildman–Crippen MR) is 107 cm³/mol. The van der Waals surface area contributed by atoms with Gasteiger partial charge in [-0.15, -0.1) is 23.7 Å². The van der Waals surface area contributed by atoms with Crippen molar-refractivity contribution in [3.8, 4) is 0 Å². The van der Waals surface area contributed by atoms with Gasteiger partial charge in [-0.3, -0.25) is 9.69 Å². The summed E-state index contributed by atoms with van der Waals surface area (Å²) in [6.45, 7) is 1.56. The first-order chi connectivity index (χ1) is 11.5. The number of thiazole rings is 1. The zero-order valence-corrected chi connectivity index (χ0v) is 16.5. The molecular formula is C16H19Cl3N4OS. The molecule has 1 atom stereocenters. The second-order valence-corrected chi connectivity index (χ2v) is 7.75. The molecule has 1 aliphatic rings. The van der Waals surface area contributed by atoms with Crippen molar-refractivity contribution in [2.45, 2.75) is 31.8 Å². The van der Waals surface area contributed by atoms with Gasteiger partial charge in [-0.1, -0.05) is 29.6 Å². The lowest BCUT2D eigenvalue weighted by molar-refractivity contribution is -0.122. The topological polar surface area (TPSA) is 71.2 Å². The number of likely N-dealkylation sites (tertiary alicyclic amines) is 1. The third kappa shape index (κ3) is 5.21. The van der Waals surface area contributed by atoms with Crippen molar-refractivity contribution >= 4 is 63.7 Å². The van der Waals surface area contributed by atoms with Gasteiger partial charge in [0.25, 0.3) is 0 Å². The van der Waals surface area contributed by atoms with E-state index in [4.69, 9.17) is 28.9 Å². The van der Waals surface area contributed by atoms with E-state index in [-0.39, 0.29) is 24.4 Å². The largest absolute Gasteiger partial charge is 0.375 e. The lowest BCUT2D eigenvalue weighted by Gasteiger charge is -2.34. The Hall–Kier alpha value is -1.05. The van der Waals surface area contributed by atoms with Crippen molar-refractivity contribution < 1.29 is 4.79 Å². The molecule has 2 heterocycles. The van der Waals surface area contributed by atoms with Crippen LogP contribution in [-0.2, 0) is 11.3 Å². The molecule has 3 N–H and O–H groups in total. The zero-order chi connectivity index (χ0) is 17.1. The number of nitrogens with zero attached hydrogens (tertiary/aromatic N) is 2. The molecule has 3 rings (SSSR count). The van der Waals surface area contributed by atoms with E-state index in [1.165, 1.54) is 11.3 Å². The smallest absolute Gasteiger partial charge is 0.241 e. The van der Waals surface area contributed by atoms with Gasteiger partial charge < -0.3 is 11.1 Å². The highest BCUT2D eigenvalue weighted by atomic mass is 35.5. The average molecular weight is 422 g/mol. The number of benzene rings is 1. The SMILES string of the molecule is Cl.Nc1ncc(CN2CCCCC2C(=O)Nc2ccc(Cl)cc2Cl)s1. The van der Waals surface area contributed by atoms with Gasteiger partial charge in [0.05, 0.1) is 16.8 Å². The van der Waals surface area contributed by atoms with E-state index in [1.54, 1.807) is 24.4 Å². The van der Waals surface area contributed by atoms with E-state index < -0.39 is 0 Å².